The van der Waals surface area contributed by atoms with Crippen molar-refractivity contribution in [3.63, 3.8) is 0 Å². The lowest BCUT2D eigenvalue weighted by Gasteiger charge is -2.35. The summed E-state index contributed by atoms with van der Waals surface area (Å²) in [4.78, 5) is 15.3. The quantitative estimate of drug-likeness (QED) is 0.604. The molecule has 0 radical (unpaired) electrons. The Balaban J connectivity index is 1.84. The van der Waals surface area contributed by atoms with Gasteiger partial charge in [-0.3, -0.25) is 4.79 Å². The number of hydrogen-bond donors (Lipinski definition) is 0. The lowest BCUT2D eigenvalue weighted by atomic mass is 10.1. The first-order valence-corrected chi connectivity index (χ1v) is 10.4. The first-order chi connectivity index (χ1) is 14.9. The van der Waals surface area contributed by atoms with Gasteiger partial charge in [0.15, 0.2) is 0 Å². The number of hydrogen-bond acceptors (Lipinski definition) is 3. The average molecular weight is 423 g/mol. The zero-order valence-electron chi connectivity index (χ0n) is 18.3. The van der Waals surface area contributed by atoms with Crippen LogP contribution >= 0.6 is 0 Å². The van der Waals surface area contributed by atoms with E-state index in [1.54, 1.807) is 19.2 Å². The molecule has 0 aliphatic carbocycles. The molecular formula is C25H27FN2O3. The van der Waals surface area contributed by atoms with E-state index in [1.165, 1.54) is 12.1 Å². The third-order valence-electron chi connectivity index (χ3n) is 5.63. The van der Waals surface area contributed by atoms with Gasteiger partial charge in [0.1, 0.15) is 11.6 Å². The van der Waals surface area contributed by atoms with Gasteiger partial charge in [0.05, 0.1) is 30.6 Å². The summed E-state index contributed by atoms with van der Waals surface area (Å²) in [5.74, 6) is 0.402. The zero-order chi connectivity index (χ0) is 22.1. The van der Waals surface area contributed by atoms with Gasteiger partial charge in [0.25, 0.3) is 5.91 Å². The maximum absolute atomic E-state index is 13.6. The molecule has 0 saturated carbocycles. The van der Waals surface area contributed by atoms with Gasteiger partial charge in [0.2, 0.25) is 0 Å². The van der Waals surface area contributed by atoms with Crippen molar-refractivity contribution in [3.8, 4) is 22.7 Å². The summed E-state index contributed by atoms with van der Waals surface area (Å²) in [5, 5.41) is 0. The highest BCUT2D eigenvalue weighted by Gasteiger charge is 2.29. The van der Waals surface area contributed by atoms with Crippen LogP contribution in [0.4, 0.5) is 4.39 Å². The fourth-order valence-corrected chi connectivity index (χ4v) is 4.26. The second-order valence-corrected chi connectivity index (χ2v) is 8.04. The van der Waals surface area contributed by atoms with E-state index in [0.29, 0.717) is 18.7 Å². The summed E-state index contributed by atoms with van der Waals surface area (Å²) in [7, 11) is 1.62. The van der Waals surface area contributed by atoms with Crippen LogP contribution in [-0.2, 0) is 4.74 Å². The van der Waals surface area contributed by atoms with Crippen molar-refractivity contribution in [1.82, 2.24) is 9.47 Å². The normalized spacial score (nSPS) is 18.8. The molecule has 6 heteroatoms. The van der Waals surface area contributed by atoms with Gasteiger partial charge in [-0.2, -0.15) is 0 Å². The number of benzene rings is 2. The number of amides is 1. The number of ether oxygens (including phenoxy) is 2. The summed E-state index contributed by atoms with van der Waals surface area (Å²) >= 11 is 0. The van der Waals surface area contributed by atoms with E-state index in [2.05, 4.69) is 0 Å². The average Bonchev–Trinajstić information content (AvgIpc) is 3.10. The number of morpholine rings is 1. The van der Waals surface area contributed by atoms with E-state index in [-0.39, 0.29) is 23.9 Å². The first-order valence-electron chi connectivity index (χ1n) is 10.4. The number of carbonyl (C=O) groups excluding carboxylic acids is 1. The smallest absolute Gasteiger partial charge is 0.255 e. The number of rotatable bonds is 4. The van der Waals surface area contributed by atoms with Crippen molar-refractivity contribution in [1.29, 1.82) is 0 Å². The third kappa shape index (κ3) is 4.21. The van der Waals surface area contributed by atoms with Crippen LogP contribution in [-0.4, -0.2) is 47.8 Å². The second-order valence-electron chi connectivity index (χ2n) is 8.04. The van der Waals surface area contributed by atoms with Crippen LogP contribution in [0.5, 0.6) is 5.75 Å². The van der Waals surface area contributed by atoms with Crippen LogP contribution in [0.1, 0.15) is 29.9 Å². The molecule has 1 amide bonds. The maximum Gasteiger partial charge on any atom is 0.255 e. The summed E-state index contributed by atoms with van der Waals surface area (Å²) in [5.41, 5.74) is 3.99. The molecule has 5 nitrogen and oxygen atoms in total. The Labute approximate surface area is 182 Å². The second kappa shape index (κ2) is 8.55. The fourth-order valence-electron chi connectivity index (χ4n) is 4.26. The van der Waals surface area contributed by atoms with Gasteiger partial charge in [-0.25, -0.2) is 4.39 Å². The van der Waals surface area contributed by atoms with Crippen LogP contribution in [0.3, 0.4) is 0 Å². The van der Waals surface area contributed by atoms with E-state index < -0.39 is 0 Å². The molecule has 2 aromatic carbocycles. The molecule has 1 aliphatic rings. The van der Waals surface area contributed by atoms with Gasteiger partial charge in [-0.05, 0) is 63.2 Å². The molecule has 1 aliphatic heterocycles. The largest absolute Gasteiger partial charge is 0.497 e. The molecule has 1 aromatic heterocycles. The molecule has 0 N–H and O–H groups in total. The van der Waals surface area contributed by atoms with Crippen LogP contribution < -0.4 is 4.74 Å². The lowest BCUT2D eigenvalue weighted by Crippen LogP contribution is -2.48. The minimum absolute atomic E-state index is 0.00922. The lowest BCUT2D eigenvalue weighted by molar-refractivity contribution is -0.0586. The van der Waals surface area contributed by atoms with Crippen LogP contribution in [0.2, 0.25) is 0 Å². The maximum atomic E-state index is 13.6. The summed E-state index contributed by atoms with van der Waals surface area (Å²) < 4.78 is 26.8. The Kier molecular flexibility index (Phi) is 5.83. The Morgan fingerprint density at radius 1 is 1.06 bits per heavy atom. The number of nitrogens with zero attached hydrogens (tertiary/aromatic N) is 2. The third-order valence-corrected chi connectivity index (χ3v) is 5.63. The molecule has 2 heterocycles. The van der Waals surface area contributed by atoms with Gasteiger partial charge < -0.3 is 18.9 Å². The molecular weight excluding hydrogens is 395 g/mol. The van der Waals surface area contributed by atoms with Crippen molar-refractivity contribution < 1.29 is 18.7 Å². The van der Waals surface area contributed by atoms with E-state index in [1.807, 2.05) is 60.6 Å². The van der Waals surface area contributed by atoms with Crippen LogP contribution in [0.25, 0.3) is 16.9 Å². The molecule has 31 heavy (non-hydrogen) atoms. The highest BCUT2D eigenvalue weighted by Crippen LogP contribution is 2.32. The molecule has 0 spiro atoms. The van der Waals surface area contributed by atoms with E-state index >= 15 is 0 Å². The highest BCUT2D eigenvalue weighted by molar-refractivity contribution is 5.97. The zero-order valence-corrected chi connectivity index (χ0v) is 18.3. The molecule has 2 atom stereocenters. The standard InChI is InChI=1S/C25H27FN2O3/c1-16-14-27(15-17(2)31-16)25(29)23-13-24(19-6-5-7-22(12-19)30-4)28(18(23)3)21-10-8-20(26)9-11-21/h5-13,16-17H,14-15H2,1-4H3/t16-,17-/m0/s1. The van der Waals surface area contributed by atoms with Gasteiger partial charge >= 0.3 is 0 Å². The van der Waals surface area contributed by atoms with Gasteiger partial charge in [0, 0.05) is 30.0 Å². The fraction of sp³-hybridized carbons (Fsp3) is 0.320. The van der Waals surface area contributed by atoms with Crippen molar-refractivity contribution in [2.75, 3.05) is 20.2 Å². The van der Waals surface area contributed by atoms with E-state index in [4.69, 9.17) is 9.47 Å². The molecule has 1 saturated heterocycles. The summed E-state index contributed by atoms with van der Waals surface area (Å²) in [6, 6.07) is 15.9. The highest BCUT2D eigenvalue weighted by atomic mass is 19.1. The molecule has 162 valence electrons. The minimum Gasteiger partial charge on any atom is -0.497 e. The Morgan fingerprint density at radius 2 is 1.74 bits per heavy atom. The molecule has 4 rings (SSSR count). The van der Waals surface area contributed by atoms with Crippen molar-refractivity contribution in [2.24, 2.45) is 0 Å². The number of carbonyl (C=O) groups is 1. The van der Waals surface area contributed by atoms with Crippen molar-refractivity contribution in [3.05, 3.63) is 71.7 Å². The van der Waals surface area contributed by atoms with Crippen LogP contribution in [0, 0.1) is 12.7 Å². The number of methoxy groups -OCH3 is 1. The number of aromatic nitrogens is 1. The van der Waals surface area contributed by atoms with Crippen molar-refractivity contribution in [2.45, 2.75) is 33.0 Å². The molecule has 3 aromatic rings. The van der Waals surface area contributed by atoms with Crippen LogP contribution in [0.15, 0.2) is 54.6 Å². The van der Waals surface area contributed by atoms with E-state index in [9.17, 15) is 9.18 Å². The molecule has 0 unspecified atom stereocenters. The monoisotopic (exact) mass is 422 g/mol. The minimum atomic E-state index is -0.302. The number of halogens is 1. The Morgan fingerprint density at radius 3 is 2.39 bits per heavy atom. The van der Waals surface area contributed by atoms with Gasteiger partial charge in [-0.15, -0.1) is 0 Å². The SMILES string of the molecule is COc1cccc(-c2cc(C(=O)N3C[C@H](C)O[C@@H](C)C3)c(C)n2-c2ccc(F)cc2)c1. The summed E-state index contributed by atoms with van der Waals surface area (Å²) in [6.07, 6.45) is -0.0184. The predicted octanol–water partition coefficient (Wildman–Crippen LogP) is 4.85. The topological polar surface area (TPSA) is 43.7 Å². The van der Waals surface area contributed by atoms with Crippen molar-refractivity contribution >= 4 is 5.91 Å². The Hall–Kier alpha value is -3.12. The first kappa shape index (κ1) is 21.1. The molecule has 0 bridgehead atoms. The predicted molar refractivity (Wildman–Crippen MR) is 118 cm³/mol. The summed E-state index contributed by atoms with van der Waals surface area (Å²) in [6.45, 7) is 6.99. The van der Waals surface area contributed by atoms with E-state index in [0.717, 1.165) is 28.4 Å². The Bertz CT molecular complexity index is 1080. The van der Waals surface area contributed by atoms with Gasteiger partial charge in [-0.1, -0.05) is 12.1 Å². The molecule has 1 fully saturated rings.